The van der Waals surface area contributed by atoms with Crippen molar-refractivity contribution in [3.63, 3.8) is 0 Å². The molecule has 2 aromatic carbocycles. The van der Waals surface area contributed by atoms with Gasteiger partial charge in [0.1, 0.15) is 23.2 Å². The molecule has 0 aromatic heterocycles. The zero-order valence-electron chi connectivity index (χ0n) is 13.1. The van der Waals surface area contributed by atoms with Gasteiger partial charge < -0.3 is 14.8 Å². The maximum atomic E-state index is 13.5. The van der Waals surface area contributed by atoms with Crippen LogP contribution in [0.25, 0.3) is 0 Å². The molecule has 0 aliphatic rings. The van der Waals surface area contributed by atoms with Gasteiger partial charge in [-0.3, -0.25) is 4.79 Å². The molecule has 0 aliphatic heterocycles. The molecular weight excluding hydrogens is 339 g/mol. The Balaban J connectivity index is 1.85. The normalized spacial score (nSPS) is 11.5. The fraction of sp³-hybridized carbons (Fsp3) is 0.176. The quantitative estimate of drug-likeness (QED) is 0.811. The first kappa shape index (κ1) is 18.3. The van der Waals surface area contributed by atoms with Gasteiger partial charge in [0.2, 0.25) is 0 Å². The molecule has 0 saturated carbocycles. The van der Waals surface area contributed by atoms with Gasteiger partial charge in [-0.1, -0.05) is 6.07 Å². The van der Waals surface area contributed by atoms with Crippen molar-refractivity contribution in [3.8, 4) is 5.75 Å². The fourth-order valence-corrected chi connectivity index (χ4v) is 1.81. The molecule has 1 unspecified atom stereocenters. The van der Waals surface area contributed by atoms with Crippen LogP contribution in [0.4, 0.5) is 18.9 Å². The van der Waals surface area contributed by atoms with Crippen LogP contribution in [0.1, 0.15) is 6.92 Å². The van der Waals surface area contributed by atoms with E-state index in [1.807, 2.05) is 0 Å². The van der Waals surface area contributed by atoms with Crippen LogP contribution in [0.15, 0.2) is 42.5 Å². The van der Waals surface area contributed by atoms with Crippen molar-refractivity contribution >= 4 is 17.6 Å². The monoisotopic (exact) mass is 353 g/mol. The lowest BCUT2D eigenvalue weighted by Crippen LogP contribution is -2.32. The predicted octanol–water partition coefficient (Wildman–Crippen LogP) is 3.05. The van der Waals surface area contributed by atoms with Gasteiger partial charge >= 0.3 is 5.97 Å². The third-order valence-corrected chi connectivity index (χ3v) is 3.02. The van der Waals surface area contributed by atoms with E-state index < -0.39 is 42.0 Å². The first-order valence-corrected chi connectivity index (χ1v) is 7.19. The van der Waals surface area contributed by atoms with E-state index in [0.717, 1.165) is 24.3 Å². The highest BCUT2D eigenvalue weighted by Crippen LogP contribution is 2.16. The van der Waals surface area contributed by atoms with Gasteiger partial charge in [0.05, 0.1) is 5.69 Å². The third-order valence-electron chi connectivity index (χ3n) is 3.02. The SMILES string of the molecule is CC(OC(=O)COc1cccc(F)c1)C(=O)Nc1cc(F)ccc1F. The molecule has 0 fully saturated rings. The van der Waals surface area contributed by atoms with Crippen LogP contribution in [-0.4, -0.2) is 24.6 Å². The zero-order valence-corrected chi connectivity index (χ0v) is 13.1. The molecule has 8 heteroatoms. The Morgan fingerprint density at radius 2 is 1.80 bits per heavy atom. The smallest absolute Gasteiger partial charge is 0.344 e. The molecule has 0 bridgehead atoms. The molecule has 2 rings (SSSR count). The molecule has 1 amide bonds. The summed E-state index contributed by atoms with van der Waals surface area (Å²) in [5.41, 5.74) is -0.371. The zero-order chi connectivity index (χ0) is 18.4. The highest BCUT2D eigenvalue weighted by molar-refractivity contribution is 5.95. The minimum Gasteiger partial charge on any atom is -0.482 e. The van der Waals surface area contributed by atoms with Gasteiger partial charge in [0, 0.05) is 12.1 Å². The van der Waals surface area contributed by atoms with Crippen molar-refractivity contribution in [3.05, 3.63) is 59.9 Å². The number of anilines is 1. The first-order chi connectivity index (χ1) is 11.8. The predicted molar refractivity (Wildman–Crippen MR) is 82.4 cm³/mol. The largest absolute Gasteiger partial charge is 0.482 e. The molecule has 25 heavy (non-hydrogen) atoms. The number of hydrogen-bond donors (Lipinski definition) is 1. The van der Waals surface area contributed by atoms with Gasteiger partial charge in [-0.15, -0.1) is 0 Å². The van der Waals surface area contributed by atoms with Crippen LogP contribution in [0.3, 0.4) is 0 Å². The number of carbonyl (C=O) groups excluding carboxylic acids is 2. The number of ether oxygens (including phenoxy) is 2. The summed E-state index contributed by atoms with van der Waals surface area (Å²) in [4.78, 5) is 23.5. The van der Waals surface area contributed by atoms with Crippen LogP contribution in [0, 0.1) is 17.5 Å². The minimum atomic E-state index is -1.27. The lowest BCUT2D eigenvalue weighted by atomic mass is 10.2. The van der Waals surface area contributed by atoms with E-state index in [4.69, 9.17) is 9.47 Å². The minimum absolute atomic E-state index is 0.121. The maximum absolute atomic E-state index is 13.5. The van der Waals surface area contributed by atoms with E-state index >= 15 is 0 Å². The van der Waals surface area contributed by atoms with E-state index in [-0.39, 0.29) is 11.4 Å². The Labute approximate surface area is 141 Å². The molecule has 2 aromatic rings. The lowest BCUT2D eigenvalue weighted by molar-refractivity contribution is -0.155. The second-order valence-electron chi connectivity index (χ2n) is 4.99. The Morgan fingerprint density at radius 3 is 2.52 bits per heavy atom. The summed E-state index contributed by atoms with van der Waals surface area (Å²) >= 11 is 0. The van der Waals surface area contributed by atoms with Crippen LogP contribution >= 0.6 is 0 Å². The number of amides is 1. The lowest BCUT2D eigenvalue weighted by Gasteiger charge is -2.14. The van der Waals surface area contributed by atoms with Gasteiger partial charge in [-0.2, -0.15) is 0 Å². The van der Waals surface area contributed by atoms with Gasteiger partial charge in [0.15, 0.2) is 12.7 Å². The van der Waals surface area contributed by atoms with Crippen molar-refractivity contribution in [2.75, 3.05) is 11.9 Å². The van der Waals surface area contributed by atoms with Crippen LogP contribution < -0.4 is 10.1 Å². The van der Waals surface area contributed by atoms with Crippen molar-refractivity contribution in [1.29, 1.82) is 0 Å². The number of rotatable bonds is 6. The molecular formula is C17H14F3NO4. The van der Waals surface area contributed by atoms with Crippen LogP contribution in [0.2, 0.25) is 0 Å². The fourth-order valence-electron chi connectivity index (χ4n) is 1.81. The van der Waals surface area contributed by atoms with Crippen molar-refractivity contribution in [2.24, 2.45) is 0 Å². The van der Waals surface area contributed by atoms with E-state index in [1.54, 1.807) is 0 Å². The summed E-state index contributed by atoms with van der Waals surface area (Å²) in [5, 5.41) is 2.12. The molecule has 1 N–H and O–H groups in total. The third kappa shape index (κ3) is 5.52. The van der Waals surface area contributed by atoms with Gasteiger partial charge in [0.25, 0.3) is 5.91 Å². The van der Waals surface area contributed by atoms with E-state index in [0.29, 0.717) is 0 Å². The van der Waals surface area contributed by atoms with Gasteiger partial charge in [-0.25, -0.2) is 18.0 Å². The Bertz CT molecular complexity index is 782. The highest BCUT2D eigenvalue weighted by atomic mass is 19.1. The first-order valence-electron chi connectivity index (χ1n) is 7.19. The highest BCUT2D eigenvalue weighted by Gasteiger charge is 2.19. The molecule has 0 heterocycles. The van der Waals surface area contributed by atoms with E-state index in [2.05, 4.69) is 5.32 Å². The standard InChI is InChI=1S/C17H14F3NO4/c1-10(17(23)21-15-8-12(19)5-6-14(15)20)25-16(22)9-24-13-4-2-3-11(18)7-13/h2-8,10H,9H2,1H3,(H,21,23). The number of benzene rings is 2. The average Bonchev–Trinajstić information content (AvgIpc) is 2.56. The van der Waals surface area contributed by atoms with E-state index in [1.165, 1.54) is 25.1 Å². The number of nitrogens with one attached hydrogen (secondary N) is 1. The van der Waals surface area contributed by atoms with Crippen molar-refractivity contribution in [2.45, 2.75) is 13.0 Å². The molecule has 132 valence electrons. The van der Waals surface area contributed by atoms with Crippen LogP contribution in [0.5, 0.6) is 5.75 Å². The second-order valence-corrected chi connectivity index (χ2v) is 4.99. The average molecular weight is 353 g/mol. The molecule has 0 spiro atoms. The molecule has 0 aliphatic carbocycles. The summed E-state index contributed by atoms with van der Waals surface area (Å²) in [7, 11) is 0. The summed E-state index contributed by atoms with van der Waals surface area (Å²) < 4.78 is 49.3. The molecule has 0 saturated heterocycles. The van der Waals surface area contributed by atoms with Gasteiger partial charge in [-0.05, 0) is 31.2 Å². The maximum Gasteiger partial charge on any atom is 0.344 e. The number of halogens is 3. The summed E-state index contributed by atoms with van der Waals surface area (Å²) in [6, 6.07) is 7.69. The molecule has 0 radical (unpaired) electrons. The van der Waals surface area contributed by atoms with Crippen molar-refractivity contribution < 1.29 is 32.2 Å². The topological polar surface area (TPSA) is 64.6 Å². The Kier molecular flexibility index (Phi) is 5.99. The number of esters is 1. The number of hydrogen-bond acceptors (Lipinski definition) is 4. The Morgan fingerprint density at radius 1 is 1.08 bits per heavy atom. The second kappa shape index (κ2) is 8.18. The Hall–Kier alpha value is -3.03. The van der Waals surface area contributed by atoms with Crippen molar-refractivity contribution in [1.82, 2.24) is 0 Å². The molecule has 5 nitrogen and oxygen atoms in total. The molecule has 1 atom stereocenters. The summed E-state index contributed by atoms with van der Waals surface area (Å²) in [5.74, 6) is -3.70. The van der Waals surface area contributed by atoms with E-state index in [9.17, 15) is 22.8 Å². The van der Waals surface area contributed by atoms with Crippen LogP contribution in [-0.2, 0) is 14.3 Å². The summed E-state index contributed by atoms with van der Waals surface area (Å²) in [6.07, 6.45) is -1.27. The summed E-state index contributed by atoms with van der Waals surface area (Å²) in [6.45, 7) is 0.710. The number of carbonyl (C=O) groups is 2.